The van der Waals surface area contributed by atoms with Gasteiger partial charge >= 0.3 is 0 Å². The van der Waals surface area contributed by atoms with E-state index >= 15 is 0 Å². The molecule has 0 unspecified atom stereocenters. The molecule has 0 saturated carbocycles. The molecule has 0 heterocycles. The summed E-state index contributed by atoms with van der Waals surface area (Å²) in [6.45, 7) is 0. The summed E-state index contributed by atoms with van der Waals surface area (Å²) >= 11 is 0. The van der Waals surface area contributed by atoms with E-state index in [0.29, 0.717) is 0 Å². The zero-order chi connectivity index (χ0) is 37.7. The van der Waals surface area contributed by atoms with Crippen LogP contribution in [-0.2, 0) is 0 Å². The Kier molecular flexibility index (Phi) is 7.89. The summed E-state index contributed by atoms with van der Waals surface area (Å²) in [4.78, 5) is 2.43. The first-order chi connectivity index (χ1) is 28.3. The molecule has 0 radical (unpaired) electrons. The van der Waals surface area contributed by atoms with E-state index in [1.54, 1.807) is 0 Å². The molecule has 11 rings (SSSR count). The van der Waals surface area contributed by atoms with Crippen LogP contribution in [0.4, 0.5) is 17.1 Å². The topological polar surface area (TPSA) is 3.24 Å². The molecule has 0 aliphatic carbocycles. The quantitative estimate of drug-likeness (QED) is 0.154. The number of rotatable bonds is 6. The highest BCUT2D eigenvalue weighted by Gasteiger charge is 2.19. The lowest BCUT2D eigenvalue weighted by Crippen LogP contribution is -2.10. The number of hydrogen-bond donors (Lipinski definition) is 0. The largest absolute Gasteiger partial charge is 0.310 e. The number of hydrogen-bond acceptors (Lipinski definition) is 1. The molecule has 0 spiro atoms. The maximum Gasteiger partial charge on any atom is 0.0468 e. The third kappa shape index (κ3) is 5.72. The van der Waals surface area contributed by atoms with Crippen molar-refractivity contribution in [2.75, 3.05) is 4.90 Å². The average Bonchev–Trinajstić information content (AvgIpc) is 3.29. The lowest BCUT2D eigenvalue weighted by atomic mass is 9.88. The van der Waals surface area contributed by atoms with E-state index < -0.39 is 0 Å². The van der Waals surface area contributed by atoms with E-state index in [1.807, 2.05) is 0 Å². The van der Waals surface area contributed by atoms with Crippen LogP contribution in [0.15, 0.2) is 224 Å². The van der Waals surface area contributed by atoms with E-state index in [4.69, 9.17) is 0 Å². The molecule has 0 atom stereocenters. The van der Waals surface area contributed by atoms with Gasteiger partial charge in [0.05, 0.1) is 0 Å². The summed E-state index contributed by atoms with van der Waals surface area (Å²) in [5.41, 5.74) is 10.6. The van der Waals surface area contributed by atoms with E-state index in [1.165, 1.54) is 87.2 Å². The highest BCUT2D eigenvalue weighted by molar-refractivity contribution is 6.10. The van der Waals surface area contributed by atoms with Crippen molar-refractivity contribution in [3.63, 3.8) is 0 Å². The van der Waals surface area contributed by atoms with Crippen molar-refractivity contribution in [3.8, 4) is 33.4 Å². The molecule has 0 aromatic heterocycles. The van der Waals surface area contributed by atoms with Crippen molar-refractivity contribution in [1.82, 2.24) is 0 Å². The minimum atomic E-state index is 1.10. The molecular weight excluding hydrogens is 687 g/mol. The van der Waals surface area contributed by atoms with Crippen LogP contribution in [0, 0.1) is 0 Å². The van der Waals surface area contributed by atoms with Crippen molar-refractivity contribution in [2.45, 2.75) is 0 Å². The highest BCUT2D eigenvalue weighted by atomic mass is 15.1. The first-order valence-corrected chi connectivity index (χ1v) is 19.7. The normalized spacial score (nSPS) is 11.5. The minimum Gasteiger partial charge on any atom is -0.310 e. The van der Waals surface area contributed by atoms with Gasteiger partial charge in [-0.25, -0.2) is 0 Å². The molecule has 11 aromatic carbocycles. The maximum absolute atomic E-state index is 2.43. The number of fused-ring (bicyclic) bond motifs is 6. The monoisotopic (exact) mass is 723 g/mol. The average molecular weight is 724 g/mol. The lowest BCUT2D eigenvalue weighted by molar-refractivity contribution is 1.29. The Morgan fingerprint density at radius 2 is 0.614 bits per heavy atom. The van der Waals surface area contributed by atoms with E-state index in [-0.39, 0.29) is 0 Å². The predicted octanol–water partition coefficient (Wildman–Crippen LogP) is 15.9. The van der Waals surface area contributed by atoms with Crippen LogP contribution in [0.25, 0.3) is 87.2 Å². The summed E-state index contributed by atoms with van der Waals surface area (Å²) < 4.78 is 0. The molecule has 0 amide bonds. The zero-order valence-electron chi connectivity index (χ0n) is 31.3. The van der Waals surface area contributed by atoms with Crippen LogP contribution in [0.5, 0.6) is 0 Å². The van der Waals surface area contributed by atoms with Gasteiger partial charge < -0.3 is 4.90 Å². The standard InChI is InChI=1S/C56H37N/c1-5-19-47-38(12-1)16-9-23-48(47)42-28-31-44(32-29-42)57(45-33-30-43-27-26-41-15-4-8-22-51(41)55(43)36-45)46-34-35-54(52-24-10-17-39-13-2-6-20-49(39)52)56(37-46)53-25-11-18-40-14-3-7-21-50(40)53/h1-37H. The Labute approximate surface area is 332 Å². The molecule has 0 aliphatic heterocycles. The van der Waals surface area contributed by atoms with Crippen molar-refractivity contribution in [3.05, 3.63) is 224 Å². The Balaban J connectivity index is 1.16. The summed E-state index contributed by atoms with van der Waals surface area (Å²) in [5, 5.41) is 12.4. The van der Waals surface area contributed by atoms with Gasteiger partial charge in [0.2, 0.25) is 0 Å². The van der Waals surface area contributed by atoms with Gasteiger partial charge in [-0.05, 0) is 124 Å². The van der Waals surface area contributed by atoms with Gasteiger partial charge in [-0.2, -0.15) is 0 Å². The fourth-order valence-electron chi connectivity index (χ4n) is 8.89. The van der Waals surface area contributed by atoms with Gasteiger partial charge in [-0.3, -0.25) is 0 Å². The van der Waals surface area contributed by atoms with Crippen molar-refractivity contribution < 1.29 is 0 Å². The molecule has 11 aromatic rings. The van der Waals surface area contributed by atoms with Gasteiger partial charge in [-0.1, -0.05) is 188 Å². The van der Waals surface area contributed by atoms with Gasteiger partial charge in [0, 0.05) is 17.1 Å². The molecule has 1 nitrogen and oxygen atoms in total. The van der Waals surface area contributed by atoms with Gasteiger partial charge in [0.15, 0.2) is 0 Å². The Bertz CT molecular complexity index is 3290. The summed E-state index contributed by atoms with van der Waals surface area (Å²) in [5.74, 6) is 0. The van der Waals surface area contributed by atoms with Crippen LogP contribution < -0.4 is 4.90 Å². The molecule has 0 saturated heterocycles. The number of benzene rings is 11. The van der Waals surface area contributed by atoms with Gasteiger partial charge in [-0.15, -0.1) is 0 Å². The van der Waals surface area contributed by atoms with E-state index in [0.717, 1.165) is 17.1 Å². The highest BCUT2D eigenvalue weighted by Crippen LogP contribution is 2.45. The van der Waals surface area contributed by atoms with Crippen molar-refractivity contribution in [1.29, 1.82) is 0 Å². The zero-order valence-corrected chi connectivity index (χ0v) is 31.3. The Morgan fingerprint density at radius 1 is 0.211 bits per heavy atom. The second kappa shape index (κ2) is 13.7. The Hall–Kier alpha value is -7.48. The molecule has 0 fully saturated rings. The third-order valence-electron chi connectivity index (χ3n) is 11.6. The van der Waals surface area contributed by atoms with E-state index in [2.05, 4.69) is 229 Å². The van der Waals surface area contributed by atoms with Gasteiger partial charge in [0.25, 0.3) is 0 Å². The second-order valence-electron chi connectivity index (χ2n) is 14.9. The molecule has 0 bridgehead atoms. The van der Waals surface area contributed by atoms with Crippen LogP contribution in [-0.4, -0.2) is 0 Å². The van der Waals surface area contributed by atoms with Crippen LogP contribution in [0.2, 0.25) is 0 Å². The maximum atomic E-state index is 2.43. The number of nitrogens with zero attached hydrogens (tertiary/aromatic N) is 1. The smallest absolute Gasteiger partial charge is 0.0468 e. The van der Waals surface area contributed by atoms with Crippen molar-refractivity contribution in [2.24, 2.45) is 0 Å². The minimum absolute atomic E-state index is 1.10. The lowest BCUT2D eigenvalue weighted by Gasteiger charge is -2.28. The fourth-order valence-corrected chi connectivity index (χ4v) is 8.89. The van der Waals surface area contributed by atoms with E-state index in [9.17, 15) is 0 Å². The third-order valence-corrected chi connectivity index (χ3v) is 11.6. The first kappa shape index (κ1) is 32.9. The predicted molar refractivity (Wildman–Crippen MR) is 245 cm³/mol. The molecular formula is C56H37N. The molecule has 1 heteroatoms. The summed E-state index contributed by atoms with van der Waals surface area (Å²) in [7, 11) is 0. The SMILES string of the molecule is c1ccc2c(-c3ccc(N(c4ccc(-c5cccc6ccccc56)c(-c5cccc6ccccc56)c4)c4ccc5ccc6ccccc6c5c4)cc3)cccc2c1. The van der Waals surface area contributed by atoms with Crippen molar-refractivity contribution >= 4 is 70.9 Å². The number of anilines is 3. The first-order valence-electron chi connectivity index (χ1n) is 19.7. The fraction of sp³-hybridized carbons (Fsp3) is 0. The molecule has 57 heavy (non-hydrogen) atoms. The molecule has 0 aliphatic rings. The van der Waals surface area contributed by atoms with Crippen LogP contribution in [0.3, 0.4) is 0 Å². The Morgan fingerprint density at radius 3 is 1.23 bits per heavy atom. The van der Waals surface area contributed by atoms with Crippen LogP contribution >= 0.6 is 0 Å². The molecule has 0 N–H and O–H groups in total. The summed E-state index contributed by atoms with van der Waals surface area (Å²) in [6, 6.07) is 82.2. The summed E-state index contributed by atoms with van der Waals surface area (Å²) in [6.07, 6.45) is 0. The van der Waals surface area contributed by atoms with Gasteiger partial charge in [0.1, 0.15) is 0 Å². The molecule has 266 valence electrons. The van der Waals surface area contributed by atoms with Crippen LogP contribution in [0.1, 0.15) is 0 Å². The second-order valence-corrected chi connectivity index (χ2v) is 14.9.